The summed E-state index contributed by atoms with van der Waals surface area (Å²) < 4.78 is 0. The van der Waals surface area contributed by atoms with E-state index in [1.807, 2.05) is 0 Å². The second kappa shape index (κ2) is 8.14. The molecule has 0 saturated carbocycles. The predicted molar refractivity (Wildman–Crippen MR) is 88.6 cm³/mol. The van der Waals surface area contributed by atoms with Crippen molar-refractivity contribution in [2.45, 2.75) is 19.8 Å². The summed E-state index contributed by atoms with van der Waals surface area (Å²) in [6, 6.07) is 5.22. The molecule has 0 spiro atoms. The third-order valence-electron chi connectivity index (χ3n) is 3.91. The maximum Gasteiger partial charge on any atom is 0.165 e. The molecule has 1 aromatic rings. The SMILES string of the molecule is CCCN1CCN(CCC(=O)c2cccc(Cl)c2Cl)CC1. The van der Waals surface area contributed by atoms with Gasteiger partial charge in [0.25, 0.3) is 0 Å². The van der Waals surface area contributed by atoms with E-state index in [0.717, 1.165) is 32.7 Å². The van der Waals surface area contributed by atoms with Crippen LogP contribution in [0, 0.1) is 0 Å². The molecule has 0 bridgehead atoms. The van der Waals surface area contributed by atoms with E-state index >= 15 is 0 Å². The number of benzene rings is 1. The molecule has 0 unspecified atom stereocenters. The van der Waals surface area contributed by atoms with Crippen LogP contribution in [-0.2, 0) is 0 Å². The third kappa shape index (κ3) is 4.68. The second-order valence-electron chi connectivity index (χ2n) is 5.46. The minimum atomic E-state index is 0.0680. The zero-order chi connectivity index (χ0) is 15.2. The lowest BCUT2D eigenvalue weighted by Gasteiger charge is -2.34. The van der Waals surface area contributed by atoms with Gasteiger partial charge in [0.05, 0.1) is 10.0 Å². The fraction of sp³-hybridized carbons (Fsp3) is 0.562. The molecule has 0 N–H and O–H groups in total. The fourth-order valence-corrected chi connectivity index (χ4v) is 3.07. The van der Waals surface area contributed by atoms with Gasteiger partial charge in [0.1, 0.15) is 0 Å². The van der Waals surface area contributed by atoms with E-state index in [1.54, 1.807) is 18.2 Å². The van der Waals surface area contributed by atoms with E-state index in [4.69, 9.17) is 23.2 Å². The highest BCUT2D eigenvalue weighted by Crippen LogP contribution is 2.26. The quantitative estimate of drug-likeness (QED) is 0.745. The largest absolute Gasteiger partial charge is 0.301 e. The van der Waals surface area contributed by atoms with Crippen molar-refractivity contribution >= 4 is 29.0 Å². The van der Waals surface area contributed by atoms with Crippen LogP contribution >= 0.6 is 23.2 Å². The molecule has 1 aliphatic rings. The summed E-state index contributed by atoms with van der Waals surface area (Å²) in [4.78, 5) is 17.1. The smallest absolute Gasteiger partial charge is 0.165 e. The Hall–Kier alpha value is -0.610. The molecule has 3 nitrogen and oxygen atoms in total. The Morgan fingerprint density at radius 1 is 1.10 bits per heavy atom. The standard InChI is InChI=1S/C16H22Cl2N2O/c1-2-7-19-9-11-20(12-10-19)8-6-15(21)13-4-3-5-14(17)16(13)18/h3-5H,2,6-12H2,1H3. The van der Waals surface area contributed by atoms with Crippen LogP contribution < -0.4 is 0 Å². The van der Waals surface area contributed by atoms with Gasteiger partial charge in [0.2, 0.25) is 0 Å². The van der Waals surface area contributed by atoms with Gasteiger partial charge >= 0.3 is 0 Å². The Morgan fingerprint density at radius 3 is 2.33 bits per heavy atom. The van der Waals surface area contributed by atoms with Crippen molar-refractivity contribution in [3.05, 3.63) is 33.8 Å². The summed E-state index contributed by atoms with van der Waals surface area (Å²) in [7, 11) is 0. The summed E-state index contributed by atoms with van der Waals surface area (Å²) in [6.45, 7) is 8.44. The van der Waals surface area contributed by atoms with E-state index < -0.39 is 0 Å². The number of carbonyl (C=O) groups excluding carboxylic acids is 1. The van der Waals surface area contributed by atoms with Crippen LogP contribution in [0.1, 0.15) is 30.1 Å². The van der Waals surface area contributed by atoms with Crippen LogP contribution in [0.3, 0.4) is 0 Å². The van der Waals surface area contributed by atoms with Gasteiger partial charge in [-0.1, -0.05) is 36.2 Å². The third-order valence-corrected chi connectivity index (χ3v) is 4.73. The van der Waals surface area contributed by atoms with Crippen molar-refractivity contribution in [3.8, 4) is 0 Å². The fourth-order valence-electron chi connectivity index (χ4n) is 2.67. The molecule has 0 radical (unpaired) electrons. The number of halogens is 2. The molecule has 0 atom stereocenters. The lowest BCUT2D eigenvalue weighted by molar-refractivity contribution is 0.0928. The zero-order valence-electron chi connectivity index (χ0n) is 12.4. The van der Waals surface area contributed by atoms with Gasteiger partial charge in [-0.2, -0.15) is 0 Å². The van der Waals surface area contributed by atoms with E-state index in [0.29, 0.717) is 22.0 Å². The molecule has 2 rings (SSSR count). The van der Waals surface area contributed by atoms with Crippen molar-refractivity contribution in [1.82, 2.24) is 9.80 Å². The molecule has 21 heavy (non-hydrogen) atoms. The average Bonchev–Trinajstić information content (AvgIpc) is 2.49. The van der Waals surface area contributed by atoms with Gasteiger partial charge in [0, 0.05) is 44.7 Å². The lowest BCUT2D eigenvalue weighted by Crippen LogP contribution is -2.46. The number of Topliss-reactive ketones (excluding diaryl/α,β-unsaturated/α-hetero) is 1. The summed E-state index contributed by atoms with van der Waals surface area (Å²) in [5.74, 6) is 0.0680. The number of rotatable bonds is 6. The number of nitrogens with zero attached hydrogens (tertiary/aromatic N) is 2. The van der Waals surface area contributed by atoms with Gasteiger partial charge in [0.15, 0.2) is 5.78 Å². The first-order valence-corrected chi connectivity index (χ1v) is 8.29. The first-order chi connectivity index (χ1) is 10.1. The molecule has 116 valence electrons. The van der Waals surface area contributed by atoms with E-state index in [2.05, 4.69) is 16.7 Å². The van der Waals surface area contributed by atoms with Crippen molar-refractivity contribution in [3.63, 3.8) is 0 Å². The molecule has 5 heteroatoms. The molecule has 1 saturated heterocycles. The van der Waals surface area contributed by atoms with Gasteiger partial charge in [-0.05, 0) is 25.1 Å². The molecule has 1 heterocycles. The molecule has 1 aliphatic heterocycles. The monoisotopic (exact) mass is 328 g/mol. The molecule has 0 amide bonds. The normalized spacial score (nSPS) is 17.1. The van der Waals surface area contributed by atoms with Crippen molar-refractivity contribution in [2.24, 2.45) is 0 Å². The summed E-state index contributed by atoms with van der Waals surface area (Å²) in [5.41, 5.74) is 0.536. The van der Waals surface area contributed by atoms with Crippen molar-refractivity contribution in [1.29, 1.82) is 0 Å². The minimum Gasteiger partial charge on any atom is -0.301 e. The maximum absolute atomic E-state index is 12.2. The Balaban J connectivity index is 1.81. The van der Waals surface area contributed by atoms with Gasteiger partial charge in [-0.15, -0.1) is 0 Å². The van der Waals surface area contributed by atoms with Crippen LogP contribution in [0.5, 0.6) is 0 Å². The maximum atomic E-state index is 12.2. The molecule has 1 fully saturated rings. The van der Waals surface area contributed by atoms with Crippen LogP contribution in [0.15, 0.2) is 18.2 Å². The van der Waals surface area contributed by atoms with Crippen LogP contribution in [0.2, 0.25) is 10.0 Å². The van der Waals surface area contributed by atoms with Crippen LogP contribution in [0.25, 0.3) is 0 Å². The van der Waals surface area contributed by atoms with Crippen LogP contribution in [0.4, 0.5) is 0 Å². The van der Waals surface area contributed by atoms with Crippen LogP contribution in [-0.4, -0.2) is 54.9 Å². The first-order valence-electron chi connectivity index (χ1n) is 7.53. The molecule has 0 aliphatic carbocycles. The Morgan fingerprint density at radius 2 is 1.71 bits per heavy atom. The van der Waals surface area contributed by atoms with Crippen molar-refractivity contribution in [2.75, 3.05) is 39.3 Å². The number of hydrogen-bond donors (Lipinski definition) is 0. The predicted octanol–water partition coefficient (Wildman–Crippen LogP) is 3.59. The number of ketones is 1. The summed E-state index contributed by atoms with van der Waals surface area (Å²) >= 11 is 12.0. The molecular weight excluding hydrogens is 307 g/mol. The second-order valence-corrected chi connectivity index (χ2v) is 6.24. The van der Waals surface area contributed by atoms with E-state index in [-0.39, 0.29) is 5.78 Å². The lowest BCUT2D eigenvalue weighted by atomic mass is 10.1. The van der Waals surface area contributed by atoms with Gasteiger partial charge in [-0.25, -0.2) is 0 Å². The number of carbonyl (C=O) groups is 1. The highest BCUT2D eigenvalue weighted by Gasteiger charge is 2.18. The number of piperazine rings is 1. The molecule has 1 aromatic carbocycles. The minimum absolute atomic E-state index is 0.0680. The zero-order valence-corrected chi connectivity index (χ0v) is 14.0. The highest BCUT2D eigenvalue weighted by molar-refractivity contribution is 6.43. The molecular formula is C16H22Cl2N2O. The Labute approximate surface area is 136 Å². The average molecular weight is 329 g/mol. The van der Waals surface area contributed by atoms with E-state index in [1.165, 1.54) is 13.0 Å². The molecule has 0 aromatic heterocycles. The van der Waals surface area contributed by atoms with Gasteiger partial charge < -0.3 is 9.80 Å². The van der Waals surface area contributed by atoms with Gasteiger partial charge in [-0.3, -0.25) is 4.79 Å². The summed E-state index contributed by atoms with van der Waals surface area (Å²) in [6.07, 6.45) is 1.69. The first kappa shape index (κ1) is 16.8. The van der Waals surface area contributed by atoms with E-state index in [9.17, 15) is 4.79 Å². The topological polar surface area (TPSA) is 23.6 Å². The Kier molecular flexibility index (Phi) is 6.49. The Bertz CT molecular complexity index is 485. The number of hydrogen-bond acceptors (Lipinski definition) is 3. The summed E-state index contributed by atoms with van der Waals surface area (Å²) in [5, 5.41) is 0.813. The van der Waals surface area contributed by atoms with Crippen molar-refractivity contribution < 1.29 is 4.79 Å². The highest BCUT2D eigenvalue weighted by atomic mass is 35.5.